The number of aromatic nitrogens is 2. The molecule has 7 heteroatoms. The summed E-state index contributed by atoms with van der Waals surface area (Å²) in [6, 6.07) is 13.4. The zero-order valence-electron chi connectivity index (χ0n) is 16.9. The van der Waals surface area contributed by atoms with E-state index in [0.29, 0.717) is 18.7 Å². The average molecular weight is 406 g/mol. The fraction of sp³-hybridized carbons (Fsp3) is 0.304. The van der Waals surface area contributed by atoms with Crippen LogP contribution in [0.5, 0.6) is 5.75 Å². The van der Waals surface area contributed by atoms with Gasteiger partial charge in [-0.2, -0.15) is 0 Å². The lowest BCUT2D eigenvalue weighted by Crippen LogP contribution is -2.43. The normalized spacial score (nSPS) is 16.2. The number of benzene rings is 2. The third-order valence-corrected chi connectivity index (χ3v) is 5.33. The zero-order chi connectivity index (χ0) is 20.8. The molecule has 0 saturated carbocycles. The van der Waals surface area contributed by atoms with Crippen molar-refractivity contribution in [2.75, 3.05) is 24.2 Å². The number of imidazole rings is 1. The van der Waals surface area contributed by atoms with Crippen LogP contribution in [0.3, 0.4) is 0 Å². The number of piperidine rings is 1. The van der Waals surface area contributed by atoms with E-state index >= 15 is 0 Å². The minimum absolute atomic E-state index is 0.000145. The molecule has 3 aromatic rings. The number of H-pyrrole nitrogens is 1. The van der Waals surface area contributed by atoms with Crippen molar-refractivity contribution in [2.45, 2.75) is 31.7 Å². The molecule has 5 N–H and O–H groups in total. The molecule has 1 saturated heterocycles. The summed E-state index contributed by atoms with van der Waals surface area (Å²) in [4.78, 5) is 19.6. The molecule has 0 spiro atoms. The van der Waals surface area contributed by atoms with Crippen LogP contribution < -0.4 is 21.1 Å². The molecule has 1 aliphatic rings. The molecule has 1 aromatic heterocycles. The Balaban J connectivity index is 1.34. The van der Waals surface area contributed by atoms with E-state index in [4.69, 9.17) is 10.5 Å². The van der Waals surface area contributed by atoms with Gasteiger partial charge in [0.25, 0.3) is 0 Å². The first-order chi connectivity index (χ1) is 14.7. The van der Waals surface area contributed by atoms with Crippen LogP contribution in [0.15, 0.2) is 55.0 Å². The van der Waals surface area contributed by atoms with Gasteiger partial charge in [0.1, 0.15) is 5.75 Å². The molecule has 0 aliphatic carbocycles. The van der Waals surface area contributed by atoms with Crippen molar-refractivity contribution in [1.29, 1.82) is 0 Å². The van der Waals surface area contributed by atoms with E-state index < -0.39 is 0 Å². The third kappa shape index (κ3) is 4.80. The van der Waals surface area contributed by atoms with E-state index in [1.54, 1.807) is 6.33 Å². The second kappa shape index (κ2) is 9.45. The van der Waals surface area contributed by atoms with Gasteiger partial charge >= 0.3 is 0 Å². The van der Waals surface area contributed by atoms with Crippen molar-refractivity contribution in [1.82, 2.24) is 15.3 Å². The highest BCUT2D eigenvalue weighted by Crippen LogP contribution is 2.28. The summed E-state index contributed by atoms with van der Waals surface area (Å²) < 4.78 is 6.01. The minimum atomic E-state index is -0.123. The zero-order valence-corrected chi connectivity index (χ0v) is 16.9. The number of nitrogens with one attached hydrogen (secondary N) is 3. The largest absolute Gasteiger partial charge is 0.493 e. The SMILES string of the molecule is Nc1cc(NC(=O)C2CCCCN2)ccc1CCOc1ccccc1-c1c[nH]cn1. The Labute approximate surface area is 176 Å². The van der Waals surface area contributed by atoms with Crippen molar-refractivity contribution in [3.05, 3.63) is 60.6 Å². The molecule has 1 fully saturated rings. The number of ether oxygens (including phenoxy) is 1. The molecule has 1 amide bonds. The van der Waals surface area contributed by atoms with Crippen LogP contribution >= 0.6 is 0 Å². The van der Waals surface area contributed by atoms with Gasteiger partial charge in [-0.15, -0.1) is 0 Å². The molecule has 2 aromatic carbocycles. The van der Waals surface area contributed by atoms with Gasteiger partial charge in [-0.25, -0.2) is 4.98 Å². The van der Waals surface area contributed by atoms with Crippen LogP contribution in [0, 0.1) is 0 Å². The van der Waals surface area contributed by atoms with Crippen molar-refractivity contribution in [3.8, 4) is 17.0 Å². The van der Waals surface area contributed by atoms with E-state index in [0.717, 1.165) is 54.1 Å². The van der Waals surface area contributed by atoms with Crippen molar-refractivity contribution in [3.63, 3.8) is 0 Å². The van der Waals surface area contributed by atoms with Crippen LogP contribution in [0.25, 0.3) is 11.3 Å². The maximum Gasteiger partial charge on any atom is 0.241 e. The van der Waals surface area contributed by atoms with Crippen LogP contribution in [0.4, 0.5) is 11.4 Å². The van der Waals surface area contributed by atoms with Gasteiger partial charge in [0, 0.05) is 29.6 Å². The van der Waals surface area contributed by atoms with E-state index in [2.05, 4.69) is 20.6 Å². The van der Waals surface area contributed by atoms with Crippen molar-refractivity contribution in [2.24, 2.45) is 0 Å². The Morgan fingerprint density at radius 2 is 2.13 bits per heavy atom. The van der Waals surface area contributed by atoms with Gasteiger partial charge in [0.2, 0.25) is 5.91 Å². The number of rotatable bonds is 7. The predicted octanol–water partition coefficient (Wildman–Crippen LogP) is 3.36. The number of nitrogen functional groups attached to an aromatic ring is 1. The fourth-order valence-electron chi connectivity index (χ4n) is 3.69. The number of hydrogen-bond acceptors (Lipinski definition) is 5. The number of carbonyl (C=O) groups is 1. The number of aromatic amines is 1. The number of amides is 1. The first-order valence-electron chi connectivity index (χ1n) is 10.3. The van der Waals surface area contributed by atoms with E-state index in [-0.39, 0.29) is 11.9 Å². The minimum Gasteiger partial charge on any atom is -0.493 e. The second-order valence-electron chi connectivity index (χ2n) is 7.45. The lowest BCUT2D eigenvalue weighted by molar-refractivity contribution is -0.118. The molecule has 30 heavy (non-hydrogen) atoms. The second-order valence-corrected chi connectivity index (χ2v) is 7.45. The van der Waals surface area contributed by atoms with E-state index in [1.165, 1.54) is 0 Å². The number of hydrogen-bond donors (Lipinski definition) is 4. The summed E-state index contributed by atoms with van der Waals surface area (Å²) in [5.74, 6) is 0.784. The molecule has 1 atom stereocenters. The van der Waals surface area contributed by atoms with Gasteiger partial charge in [-0.05, 0) is 49.2 Å². The van der Waals surface area contributed by atoms with Crippen LogP contribution in [0.2, 0.25) is 0 Å². The standard InChI is InChI=1S/C23H27N5O2/c24-19-13-17(28-23(29)20-6-3-4-11-26-20)9-8-16(19)10-12-30-22-7-2-1-5-18(22)21-14-25-15-27-21/h1-2,5,7-9,13-15,20,26H,3-4,6,10-12,24H2,(H,25,27)(H,28,29). The Bertz CT molecular complexity index is 981. The van der Waals surface area contributed by atoms with Gasteiger partial charge in [0.05, 0.1) is 24.7 Å². The topological polar surface area (TPSA) is 105 Å². The van der Waals surface area contributed by atoms with Crippen molar-refractivity contribution < 1.29 is 9.53 Å². The molecule has 4 rings (SSSR count). The highest BCUT2D eigenvalue weighted by atomic mass is 16.5. The van der Waals surface area contributed by atoms with Gasteiger partial charge in [-0.1, -0.05) is 24.6 Å². The van der Waals surface area contributed by atoms with E-state index in [9.17, 15) is 4.79 Å². The monoisotopic (exact) mass is 405 g/mol. The number of para-hydroxylation sites is 1. The summed E-state index contributed by atoms with van der Waals surface area (Å²) in [5.41, 5.74) is 10.4. The predicted molar refractivity (Wildman–Crippen MR) is 118 cm³/mol. The van der Waals surface area contributed by atoms with Crippen LogP contribution in [0.1, 0.15) is 24.8 Å². The number of carbonyl (C=O) groups excluding carboxylic acids is 1. The molecule has 1 unspecified atom stereocenters. The molecule has 7 nitrogen and oxygen atoms in total. The van der Waals surface area contributed by atoms with Crippen LogP contribution in [-0.2, 0) is 11.2 Å². The smallest absolute Gasteiger partial charge is 0.241 e. The first kappa shape index (κ1) is 20.0. The van der Waals surface area contributed by atoms with Crippen molar-refractivity contribution >= 4 is 17.3 Å². The molecule has 156 valence electrons. The number of anilines is 2. The molecular formula is C23H27N5O2. The maximum atomic E-state index is 12.4. The quantitative estimate of drug-likeness (QED) is 0.451. The van der Waals surface area contributed by atoms with Gasteiger partial charge in [-0.3, -0.25) is 4.79 Å². The van der Waals surface area contributed by atoms with Gasteiger partial charge < -0.3 is 26.1 Å². The Morgan fingerprint density at radius 3 is 2.90 bits per heavy atom. The molecule has 1 aliphatic heterocycles. The first-order valence-corrected chi connectivity index (χ1v) is 10.3. The Hall–Kier alpha value is -3.32. The lowest BCUT2D eigenvalue weighted by atomic mass is 10.0. The number of nitrogens with zero attached hydrogens (tertiary/aromatic N) is 1. The molecule has 0 radical (unpaired) electrons. The fourth-order valence-corrected chi connectivity index (χ4v) is 3.69. The van der Waals surface area contributed by atoms with E-state index in [1.807, 2.05) is 48.7 Å². The summed E-state index contributed by atoms with van der Waals surface area (Å²) in [7, 11) is 0. The summed E-state index contributed by atoms with van der Waals surface area (Å²) >= 11 is 0. The van der Waals surface area contributed by atoms with Crippen LogP contribution in [-0.4, -0.2) is 35.1 Å². The average Bonchev–Trinajstić information content (AvgIpc) is 3.31. The Kier molecular flexibility index (Phi) is 6.29. The summed E-state index contributed by atoms with van der Waals surface area (Å²) in [5, 5.41) is 6.22. The Morgan fingerprint density at radius 1 is 1.23 bits per heavy atom. The highest BCUT2D eigenvalue weighted by molar-refractivity contribution is 5.95. The summed E-state index contributed by atoms with van der Waals surface area (Å²) in [6.07, 6.45) is 7.23. The maximum absolute atomic E-state index is 12.4. The molecule has 0 bridgehead atoms. The molecular weight excluding hydrogens is 378 g/mol. The highest BCUT2D eigenvalue weighted by Gasteiger charge is 2.20. The summed E-state index contributed by atoms with van der Waals surface area (Å²) in [6.45, 7) is 1.38. The number of nitrogens with two attached hydrogens (primary N) is 1. The lowest BCUT2D eigenvalue weighted by Gasteiger charge is -2.22. The van der Waals surface area contributed by atoms with Gasteiger partial charge in [0.15, 0.2) is 0 Å². The third-order valence-electron chi connectivity index (χ3n) is 5.33. The molecule has 2 heterocycles.